The first-order valence-corrected chi connectivity index (χ1v) is 7.02. The summed E-state index contributed by atoms with van der Waals surface area (Å²) in [4.78, 5) is 0. The van der Waals surface area contributed by atoms with Crippen molar-refractivity contribution in [1.82, 2.24) is 5.32 Å². The zero-order valence-electron chi connectivity index (χ0n) is 11.2. The third-order valence-corrected chi connectivity index (χ3v) is 4.07. The van der Waals surface area contributed by atoms with Crippen molar-refractivity contribution in [2.45, 2.75) is 51.6 Å². The molecule has 2 nitrogen and oxygen atoms in total. The van der Waals surface area contributed by atoms with E-state index in [2.05, 4.69) is 18.3 Å². The van der Waals surface area contributed by atoms with Gasteiger partial charge in [0.1, 0.15) is 0 Å². The van der Waals surface area contributed by atoms with Crippen molar-refractivity contribution in [3.8, 4) is 6.07 Å². The molecule has 2 rings (SSSR count). The van der Waals surface area contributed by atoms with Gasteiger partial charge in [0.15, 0.2) is 0 Å². The summed E-state index contributed by atoms with van der Waals surface area (Å²) in [6.07, 6.45) is 6.96. The number of nitriles is 1. The first kappa shape index (κ1) is 13.1. The average molecular weight is 242 g/mol. The Morgan fingerprint density at radius 2 is 1.89 bits per heavy atom. The number of benzene rings is 1. The zero-order chi connectivity index (χ0) is 12.8. The third-order valence-electron chi connectivity index (χ3n) is 4.07. The summed E-state index contributed by atoms with van der Waals surface area (Å²) in [5.74, 6) is 0.845. The maximum atomic E-state index is 8.75. The van der Waals surface area contributed by atoms with Crippen LogP contribution in [0.3, 0.4) is 0 Å². The monoisotopic (exact) mass is 242 g/mol. The molecule has 1 saturated carbocycles. The summed E-state index contributed by atoms with van der Waals surface area (Å²) in [5.41, 5.74) is 2.00. The van der Waals surface area contributed by atoms with Gasteiger partial charge in [-0.15, -0.1) is 0 Å². The van der Waals surface area contributed by atoms with Crippen molar-refractivity contribution in [3.05, 3.63) is 35.4 Å². The lowest BCUT2D eigenvalue weighted by Crippen LogP contribution is -2.34. The van der Waals surface area contributed by atoms with Gasteiger partial charge in [-0.3, -0.25) is 0 Å². The molecule has 1 aliphatic carbocycles. The fourth-order valence-corrected chi connectivity index (χ4v) is 2.78. The molecule has 0 aliphatic heterocycles. The molecule has 0 bridgehead atoms. The normalized spacial score (nSPS) is 18.2. The molecule has 18 heavy (non-hydrogen) atoms. The smallest absolute Gasteiger partial charge is 0.0991 e. The summed E-state index contributed by atoms with van der Waals surface area (Å²) in [5, 5.41) is 12.4. The first-order chi connectivity index (χ1) is 8.79. The average Bonchev–Trinajstić information content (AvgIpc) is 2.46. The van der Waals surface area contributed by atoms with Gasteiger partial charge in [0.25, 0.3) is 0 Å². The van der Waals surface area contributed by atoms with Crippen LogP contribution in [0.2, 0.25) is 0 Å². The lowest BCUT2D eigenvalue weighted by molar-refractivity contribution is 0.280. The molecule has 0 radical (unpaired) electrons. The highest BCUT2D eigenvalue weighted by molar-refractivity contribution is 5.31. The van der Waals surface area contributed by atoms with Gasteiger partial charge in [0.05, 0.1) is 11.6 Å². The van der Waals surface area contributed by atoms with Gasteiger partial charge in [0, 0.05) is 12.6 Å². The maximum Gasteiger partial charge on any atom is 0.0991 e. The Kier molecular flexibility index (Phi) is 4.78. The van der Waals surface area contributed by atoms with E-state index in [0.29, 0.717) is 6.04 Å². The highest BCUT2D eigenvalue weighted by Crippen LogP contribution is 2.26. The van der Waals surface area contributed by atoms with Crippen LogP contribution in [0.4, 0.5) is 0 Å². The van der Waals surface area contributed by atoms with E-state index in [0.717, 1.165) is 18.0 Å². The van der Waals surface area contributed by atoms with Crippen LogP contribution in [-0.2, 0) is 6.54 Å². The van der Waals surface area contributed by atoms with Gasteiger partial charge in [-0.25, -0.2) is 0 Å². The molecule has 0 spiro atoms. The molecule has 0 heterocycles. The van der Waals surface area contributed by atoms with E-state index in [9.17, 15) is 0 Å². The topological polar surface area (TPSA) is 35.8 Å². The van der Waals surface area contributed by atoms with E-state index in [1.165, 1.54) is 37.7 Å². The molecule has 0 saturated heterocycles. The summed E-state index contributed by atoms with van der Waals surface area (Å²) < 4.78 is 0. The van der Waals surface area contributed by atoms with E-state index < -0.39 is 0 Å². The van der Waals surface area contributed by atoms with Crippen LogP contribution in [0, 0.1) is 17.2 Å². The van der Waals surface area contributed by atoms with Crippen molar-refractivity contribution < 1.29 is 0 Å². The molecule has 1 N–H and O–H groups in total. The van der Waals surface area contributed by atoms with Gasteiger partial charge < -0.3 is 5.32 Å². The highest BCUT2D eigenvalue weighted by atomic mass is 14.9. The predicted molar refractivity (Wildman–Crippen MR) is 74.0 cm³/mol. The number of nitrogens with zero attached hydrogens (tertiary/aromatic N) is 1. The van der Waals surface area contributed by atoms with Gasteiger partial charge >= 0.3 is 0 Å². The molecule has 0 amide bonds. The molecular weight excluding hydrogens is 220 g/mol. The van der Waals surface area contributed by atoms with Crippen molar-refractivity contribution in [2.75, 3.05) is 0 Å². The summed E-state index contributed by atoms with van der Waals surface area (Å²) >= 11 is 0. The van der Waals surface area contributed by atoms with E-state index >= 15 is 0 Å². The fraction of sp³-hybridized carbons (Fsp3) is 0.562. The number of hydrogen-bond donors (Lipinski definition) is 1. The predicted octanol–water partition coefficient (Wildman–Crippen LogP) is 3.62. The number of rotatable bonds is 4. The van der Waals surface area contributed by atoms with Crippen molar-refractivity contribution in [3.63, 3.8) is 0 Å². The Morgan fingerprint density at radius 1 is 1.22 bits per heavy atom. The van der Waals surface area contributed by atoms with Crippen LogP contribution in [-0.4, -0.2) is 6.04 Å². The van der Waals surface area contributed by atoms with Gasteiger partial charge in [-0.05, 0) is 43.4 Å². The van der Waals surface area contributed by atoms with E-state index in [1.807, 2.05) is 24.3 Å². The second kappa shape index (κ2) is 6.56. The molecule has 1 aromatic rings. The first-order valence-electron chi connectivity index (χ1n) is 7.02. The Bertz CT molecular complexity index is 396. The minimum atomic E-state index is 0.598. The molecule has 2 heteroatoms. The maximum absolute atomic E-state index is 8.75. The lowest BCUT2D eigenvalue weighted by atomic mass is 9.84. The largest absolute Gasteiger partial charge is 0.310 e. The van der Waals surface area contributed by atoms with E-state index in [1.54, 1.807) is 0 Å². The van der Waals surface area contributed by atoms with E-state index in [4.69, 9.17) is 5.26 Å². The van der Waals surface area contributed by atoms with Gasteiger partial charge in [-0.2, -0.15) is 5.26 Å². The molecule has 1 aliphatic rings. The van der Waals surface area contributed by atoms with Crippen molar-refractivity contribution in [2.24, 2.45) is 5.92 Å². The van der Waals surface area contributed by atoms with Gasteiger partial charge in [-0.1, -0.05) is 31.4 Å². The van der Waals surface area contributed by atoms with Crippen LogP contribution in [0.1, 0.15) is 50.2 Å². The molecular formula is C16H22N2. The summed E-state index contributed by atoms with van der Waals surface area (Å²) in [6, 6.07) is 10.6. The van der Waals surface area contributed by atoms with Crippen molar-refractivity contribution in [1.29, 1.82) is 5.26 Å². The molecule has 1 atom stereocenters. The molecule has 0 aromatic heterocycles. The fourth-order valence-electron chi connectivity index (χ4n) is 2.78. The van der Waals surface area contributed by atoms with Crippen LogP contribution in [0.15, 0.2) is 24.3 Å². The Hall–Kier alpha value is -1.33. The lowest BCUT2D eigenvalue weighted by Gasteiger charge is -2.28. The minimum Gasteiger partial charge on any atom is -0.310 e. The Labute approximate surface area is 110 Å². The van der Waals surface area contributed by atoms with Gasteiger partial charge in [0.2, 0.25) is 0 Å². The van der Waals surface area contributed by atoms with Crippen LogP contribution >= 0.6 is 0 Å². The Balaban J connectivity index is 1.81. The second-order valence-electron chi connectivity index (χ2n) is 5.38. The molecule has 1 fully saturated rings. The quantitative estimate of drug-likeness (QED) is 0.875. The number of hydrogen-bond acceptors (Lipinski definition) is 2. The van der Waals surface area contributed by atoms with Crippen LogP contribution in [0.25, 0.3) is 0 Å². The van der Waals surface area contributed by atoms with Crippen LogP contribution in [0.5, 0.6) is 0 Å². The molecule has 96 valence electrons. The Morgan fingerprint density at radius 3 is 2.50 bits per heavy atom. The SMILES string of the molecule is C[C@H](NCc1ccc(C#N)cc1)C1CCCCC1. The van der Waals surface area contributed by atoms with E-state index in [-0.39, 0.29) is 0 Å². The summed E-state index contributed by atoms with van der Waals surface area (Å²) in [7, 11) is 0. The molecule has 0 unspecified atom stereocenters. The van der Waals surface area contributed by atoms with Crippen molar-refractivity contribution >= 4 is 0 Å². The highest BCUT2D eigenvalue weighted by Gasteiger charge is 2.19. The second-order valence-corrected chi connectivity index (χ2v) is 5.38. The van der Waals surface area contributed by atoms with Crippen LogP contribution < -0.4 is 5.32 Å². The minimum absolute atomic E-state index is 0.598. The number of nitrogens with one attached hydrogen (secondary N) is 1. The third kappa shape index (κ3) is 3.58. The summed E-state index contributed by atoms with van der Waals surface area (Å²) in [6.45, 7) is 3.21. The zero-order valence-corrected chi connectivity index (χ0v) is 11.2. The molecule has 1 aromatic carbocycles. The standard InChI is InChI=1S/C16H22N2/c1-13(16-5-3-2-4-6-16)18-12-15-9-7-14(11-17)8-10-15/h7-10,13,16,18H,2-6,12H2,1H3/t13-/m0/s1.